The highest BCUT2D eigenvalue weighted by atomic mass is 32.2. The normalized spacial score (nSPS) is 22.8. The molecule has 1 aromatic heterocycles. The first-order chi connectivity index (χ1) is 11.2. The fraction of sp³-hybridized carbons (Fsp3) is 0.429. The van der Waals surface area contributed by atoms with Crippen molar-refractivity contribution in [2.45, 2.75) is 18.3 Å². The third kappa shape index (κ3) is 2.77. The molecule has 3 heterocycles. The Morgan fingerprint density at radius 2 is 2.39 bits per heavy atom. The van der Waals surface area contributed by atoms with Crippen molar-refractivity contribution in [1.29, 1.82) is 0 Å². The first kappa shape index (κ1) is 15.8. The lowest BCUT2D eigenvalue weighted by Crippen LogP contribution is -2.58. The maximum Gasteiger partial charge on any atom is 0.356 e. The van der Waals surface area contributed by atoms with Crippen LogP contribution >= 0.6 is 11.8 Å². The summed E-state index contributed by atoms with van der Waals surface area (Å²) in [7, 11) is 0. The second kappa shape index (κ2) is 6.55. The molecule has 9 heteroatoms. The third-order valence-corrected chi connectivity index (χ3v) is 5.14. The second-order valence-corrected chi connectivity index (χ2v) is 6.28. The van der Waals surface area contributed by atoms with Crippen molar-refractivity contribution in [1.82, 2.24) is 19.7 Å². The van der Waals surface area contributed by atoms with E-state index in [9.17, 15) is 14.7 Å². The van der Waals surface area contributed by atoms with E-state index in [0.717, 1.165) is 4.91 Å². The molecule has 2 aliphatic heterocycles. The van der Waals surface area contributed by atoms with Crippen LogP contribution in [-0.4, -0.2) is 55.2 Å². The van der Waals surface area contributed by atoms with E-state index in [1.54, 1.807) is 11.0 Å². The van der Waals surface area contributed by atoms with E-state index in [4.69, 9.17) is 4.74 Å². The second-order valence-electron chi connectivity index (χ2n) is 5.07. The fourth-order valence-corrected chi connectivity index (χ4v) is 4.03. The Bertz CT molecular complexity index is 658. The van der Waals surface area contributed by atoms with Crippen molar-refractivity contribution in [2.75, 3.05) is 13.2 Å². The van der Waals surface area contributed by atoms with E-state index < -0.39 is 11.9 Å². The van der Waals surface area contributed by atoms with E-state index in [1.165, 1.54) is 29.1 Å². The molecular weight excluding hydrogens is 320 g/mol. The zero-order chi connectivity index (χ0) is 16.4. The first-order valence-electron chi connectivity index (χ1n) is 7.11. The molecule has 3 rings (SSSR count). The highest BCUT2D eigenvalue weighted by molar-refractivity contribution is 8.04. The minimum absolute atomic E-state index is 0.0828. The molecule has 0 aliphatic carbocycles. The number of fused-ring (bicyclic) bond motifs is 1. The van der Waals surface area contributed by atoms with Crippen molar-refractivity contribution in [3.05, 3.63) is 35.9 Å². The van der Waals surface area contributed by atoms with Gasteiger partial charge in [-0.05, 0) is 0 Å². The van der Waals surface area contributed by atoms with E-state index in [-0.39, 0.29) is 30.2 Å². The summed E-state index contributed by atoms with van der Waals surface area (Å²) in [6, 6.07) is 0. The number of esters is 1. The molecule has 0 bridgehead atoms. The Hall–Kier alpha value is -2.13. The topological polar surface area (TPSA) is 97.5 Å². The number of amides is 1. The number of rotatable bonds is 7. The van der Waals surface area contributed by atoms with Gasteiger partial charge in [-0.2, -0.15) is 5.10 Å². The summed E-state index contributed by atoms with van der Waals surface area (Å²) in [6.45, 7) is 3.91. The van der Waals surface area contributed by atoms with Gasteiger partial charge in [0.1, 0.15) is 30.3 Å². The molecule has 122 valence electrons. The van der Waals surface area contributed by atoms with Gasteiger partial charge in [-0.25, -0.2) is 9.78 Å². The summed E-state index contributed by atoms with van der Waals surface area (Å²) in [5.74, 6) is -1.25. The molecule has 1 aromatic rings. The number of carbonyl (C=O) groups excluding carboxylic acids is 2. The number of aromatic nitrogens is 3. The van der Waals surface area contributed by atoms with Gasteiger partial charge in [0.15, 0.2) is 0 Å². The highest BCUT2D eigenvalue weighted by Crippen LogP contribution is 2.50. The number of β-lactam (4-membered cyclic amide) rings is 1. The molecule has 1 fully saturated rings. The van der Waals surface area contributed by atoms with Crippen LogP contribution in [0.15, 0.2) is 35.9 Å². The van der Waals surface area contributed by atoms with Crippen LogP contribution in [0.1, 0.15) is 6.42 Å². The minimum Gasteiger partial charge on any atom is -0.457 e. The average Bonchev–Trinajstić information content (AvgIpc) is 3.17. The van der Waals surface area contributed by atoms with Gasteiger partial charge in [-0.1, -0.05) is 12.7 Å². The average molecular weight is 336 g/mol. The van der Waals surface area contributed by atoms with Gasteiger partial charge in [0.05, 0.1) is 12.5 Å². The van der Waals surface area contributed by atoms with Crippen molar-refractivity contribution in [3.8, 4) is 0 Å². The van der Waals surface area contributed by atoms with Crippen LogP contribution in [0.3, 0.4) is 0 Å². The van der Waals surface area contributed by atoms with E-state index in [0.29, 0.717) is 13.0 Å². The minimum atomic E-state index is -0.543. The maximum absolute atomic E-state index is 12.3. The molecule has 1 amide bonds. The van der Waals surface area contributed by atoms with Gasteiger partial charge in [0.25, 0.3) is 0 Å². The molecule has 0 spiro atoms. The Balaban J connectivity index is 1.79. The Kier molecular flexibility index (Phi) is 4.49. The lowest BCUT2D eigenvalue weighted by atomic mass is 9.98. The number of nitrogens with zero attached hydrogens (tertiary/aromatic N) is 4. The van der Waals surface area contributed by atoms with E-state index >= 15 is 0 Å². The predicted octanol–water partition coefficient (Wildman–Crippen LogP) is 0.133. The Morgan fingerprint density at radius 1 is 1.57 bits per heavy atom. The van der Waals surface area contributed by atoms with Crippen LogP contribution in [-0.2, 0) is 20.9 Å². The van der Waals surface area contributed by atoms with Crippen LogP contribution < -0.4 is 0 Å². The predicted molar refractivity (Wildman–Crippen MR) is 81.6 cm³/mol. The van der Waals surface area contributed by atoms with Crippen LogP contribution in [0.2, 0.25) is 0 Å². The number of ether oxygens (including phenoxy) is 1. The van der Waals surface area contributed by atoms with Crippen LogP contribution in [0, 0.1) is 5.92 Å². The summed E-state index contributed by atoms with van der Waals surface area (Å²) in [4.78, 5) is 30.4. The van der Waals surface area contributed by atoms with Gasteiger partial charge in [-0.15, -0.1) is 11.8 Å². The molecule has 23 heavy (non-hydrogen) atoms. The number of aliphatic hydroxyl groups is 1. The fourth-order valence-electron chi connectivity index (χ4n) is 2.56. The van der Waals surface area contributed by atoms with E-state index in [2.05, 4.69) is 16.7 Å². The molecule has 1 saturated heterocycles. The zero-order valence-electron chi connectivity index (χ0n) is 12.3. The summed E-state index contributed by atoms with van der Waals surface area (Å²) in [5.41, 5.74) is 0.275. The first-order valence-corrected chi connectivity index (χ1v) is 7.99. The lowest BCUT2D eigenvalue weighted by Gasteiger charge is -2.41. The maximum atomic E-state index is 12.3. The number of hydrogen-bond donors (Lipinski definition) is 1. The molecule has 0 saturated carbocycles. The largest absolute Gasteiger partial charge is 0.457 e. The molecule has 8 nitrogen and oxygen atoms in total. The van der Waals surface area contributed by atoms with Gasteiger partial charge in [-0.3, -0.25) is 14.4 Å². The Labute approximate surface area is 136 Å². The van der Waals surface area contributed by atoms with Crippen LogP contribution in [0.5, 0.6) is 0 Å². The SMILES string of the molecule is C=CCOC(=O)C1=C(CCn2cncn2)S[C@@H]2[C@@H](CO)C(=O)N12. The van der Waals surface area contributed by atoms with Crippen molar-refractivity contribution in [2.24, 2.45) is 5.92 Å². The number of allylic oxidation sites excluding steroid dienone is 1. The standard InChI is InChI=1S/C14H16N4O4S/c1-2-5-22-14(21)11-10(3-4-17-8-15-7-16-17)23-13-9(6-19)12(20)18(11)13/h2,7-9,13,19H,1,3-6H2/t9-,13+/m0/s1. The summed E-state index contributed by atoms with van der Waals surface area (Å²) in [5, 5.41) is 13.1. The van der Waals surface area contributed by atoms with Gasteiger partial charge in [0, 0.05) is 17.9 Å². The lowest BCUT2D eigenvalue weighted by molar-refractivity contribution is -0.155. The smallest absolute Gasteiger partial charge is 0.356 e. The number of aryl methyl sites for hydroxylation is 1. The van der Waals surface area contributed by atoms with Crippen LogP contribution in [0.25, 0.3) is 0 Å². The summed E-state index contributed by atoms with van der Waals surface area (Å²) >= 11 is 1.43. The highest BCUT2D eigenvalue weighted by Gasteiger charge is 2.55. The summed E-state index contributed by atoms with van der Waals surface area (Å²) in [6.07, 6.45) is 5.03. The molecule has 0 unspecified atom stereocenters. The molecule has 0 aromatic carbocycles. The van der Waals surface area contributed by atoms with Crippen molar-refractivity contribution >= 4 is 23.6 Å². The van der Waals surface area contributed by atoms with Crippen molar-refractivity contribution < 1.29 is 19.4 Å². The number of aliphatic hydroxyl groups excluding tert-OH is 1. The summed E-state index contributed by atoms with van der Waals surface area (Å²) < 4.78 is 6.75. The van der Waals surface area contributed by atoms with Gasteiger partial charge < -0.3 is 9.84 Å². The van der Waals surface area contributed by atoms with Crippen molar-refractivity contribution in [3.63, 3.8) is 0 Å². The molecule has 1 N–H and O–H groups in total. The van der Waals surface area contributed by atoms with Crippen LogP contribution in [0.4, 0.5) is 0 Å². The molecule has 0 radical (unpaired) electrons. The zero-order valence-corrected chi connectivity index (χ0v) is 13.1. The monoisotopic (exact) mass is 336 g/mol. The van der Waals surface area contributed by atoms with E-state index in [1.807, 2.05) is 0 Å². The molecule has 2 aliphatic rings. The Morgan fingerprint density at radius 3 is 3.04 bits per heavy atom. The quantitative estimate of drug-likeness (QED) is 0.429. The third-order valence-electron chi connectivity index (χ3n) is 3.68. The number of hydrogen-bond acceptors (Lipinski definition) is 7. The number of carbonyl (C=O) groups is 2. The molecular formula is C14H16N4O4S. The van der Waals surface area contributed by atoms with Gasteiger partial charge >= 0.3 is 5.97 Å². The number of thioether (sulfide) groups is 1. The molecule has 2 atom stereocenters. The van der Waals surface area contributed by atoms with Gasteiger partial charge in [0.2, 0.25) is 5.91 Å².